The molecule has 0 unspecified atom stereocenters. The first-order chi connectivity index (χ1) is 19.7. The predicted molar refractivity (Wildman–Crippen MR) is 145 cm³/mol. The molecule has 2 heterocycles. The van der Waals surface area contributed by atoms with E-state index in [0.29, 0.717) is 16.7 Å². The lowest BCUT2D eigenvalue weighted by molar-refractivity contribution is -0.172. The molecule has 2 aromatic carbocycles. The number of carbonyl (C=O) groups is 4. The van der Waals surface area contributed by atoms with Crippen molar-refractivity contribution in [2.45, 2.75) is 51.5 Å². The first-order valence-electron chi connectivity index (χ1n) is 13.4. The first-order valence-corrected chi connectivity index (χ1v) is 13.4. The number of methoxy groups -OCH3 is 2. The molecule has 3 atom stereocenters. The Morgan fingerprint density at radius 3 is 2.21 bits per heavy atom. The number of amides is 3. The number of esters is 2. The number of halogens is 3. The van der Waals surface area contributed by atoms with Gasteiger partial charge in [-0.05, 0) is 49.6 Å². The van der Waals surface area contributed by atoms with E-state index in [4.69, 9.17) is 9.47 Å². The summed E-state index contributed by atoms with van der Waals surface area (Å²) >= 11 is 0. The molecule has 0 spiro atoms. The van der Waals surface area contributed by atoms with Crippen LogP contribution in [0.15, 0.2) is 42.5 Å². The van der Waals surface area contributed by atoms with Gasteiger partial charge in [-0.3, -0.25) is 14.4 Å². The second-order valence-corrected chi connectivity index (χ2v) is 10.9. The SMILES string of the molecule is COC(=O)C1(C(=O)OC)C[C@H]2[C@H](c3ccccc3C)N(C(=O)N(C)[C@H](C)c3cc(C)cc(C(F)(F)F)c3)CCN2C1=O. The van der Waals surface area contributed by atoms with Crippen LogP contribution in [-0.4, -0.2) is 79.0 Å². The maximum Gasteiger partial charge on any atom is 0.416 e. The van der Waals surface area contributed by atoms with E-state index in [2.05, 4.69) is 0 Å². The summed E-state index contributed by atoms with van der Waals surface area (Å²) in [5, 5.41) is 0. The second kappa shape index (κ2) is 11.3. The molecule has 2 fully saturated rings. The Balaban J connectivity index is 1.76. The van der Waals surface area contributed by atoms with E-state index >= 15 is 0 Å². The van der Waals surface area contributed by atoms with Gasteiger partial charge in [0.2, 0.25) is 5.41 Å². The largest absolute Gasteiger partial charge is 0.468 e. The summed E-state index contributed by atoms with van der Waals surface area (Å²) < 4.78 is 50.4. The van der Waals surface area contributed by atoms with Crippen LogP contribution in [0.1, 0.15) is 53.2 Å². The standard InChI is InChI=1S/C30H34F3N3O6/c1-17-13-20(15-21(14-17)30(31,32)33)19(3)34(4)28(40)36-12-11-35-23(24(36)22-10-8-7-9-18(22)2)16-29(25(35)37,26(38)41-5)27(39)42-6/h7-10,13-15,19,23-24H,11-12,16H2,1-6H3/t19-,23+,24+/m1/s1. The molecular weight excluding hydrogens is 555 g/mol. The van der Waals surface area contributed by atoms with Gasteiger partial charge in [-0.25, -0.2) is 4.79 Å². The molecule has 0 N–H and O–H groups in total. The van der Waals surface area contributed by atoms with E-state index in [9.17, 15) is 32.3 Å². The number of fused-ring (bicyclic) bond motifs is 1. The Kier molecular flexibility index (Phi) is 8.30. The van der Waals surface area contributed by atoms with Crippen molar-refractivity contribution >= 4 is 23.9 Å². The second-order valence-electron chi connectivity index (χ2n) is 10.9. The average Bonchev–Trinajstić information content (AvgIpc) is 3.27. The minimum absolute atomic E-state index is 0.0260. The van der Waals surface area contributed by atoms with Crippen LogP contribution in [0, 0.1) is 19.3 Å². The molecule has 0 saturated carbocycles. The number of hydrogen-bond donors (Lipinski definition) is 0. The maximum absolute atomic E-state index is 14.1. The van der Waals surface area contributed by atoms with Crippen molar-refractivity contribution in [3.63, 3.8) is 0 Å². The van der Waals surface area contributed by atoms with Gasteiger partial charge in [0.1, 0.15) is 0 Å². The molecule has 0 aliphatic carbocycles. The molecule has 2 aliphatic heterocycles. The monoisotopic (exact) mass is 589 g/mol. The number of nitrogens with zero attached hydrogens (tertiary/aromatic N) is 3. The molecule has 12 heteroatoms. The van der Waals surface area contributed by atoms with Gasteiger partial charge in [0.15, 0.2) is 0 Å². The lowest BCUT2D eigenvalue weighted by Gasteiger charge is -2.47. The third kappa shape index (κ3) is 5.07. The van der Waals surface area contributed by atoms with Crippen LogP contribution in [0.4, 0.5) is 18.0 Å². The van der Waals surface area contributed by atoms with Gasteiger partial charge in [0.05, 0.1) is 37.9 Å². The summed E-state index contributed by atoms with van der Waals surface area (Å²) in [5.74, 6) is -2.83. The topological polar surface area (TPSA) is 96.5 Å². The van der Waals surface area contributed by atoms with Crippen LogP contribution < -0.4 is 0 Å². The fourth-order valence-electron chi connectivity index (χ4n) is 6.11. The van der Waals surface area contributed by atoms with Crippen molar-refractivity contribution in [1.29, 1.82) is 0 Å². The number of ether oxygens (including phenoxy) is 2. The lowest BCUT2D eigenvalue weighted by Crippen LogP contribution is -2.58. The Morgan fingerprint density at radius 1 is 1.02 bits per heavy atom. The van der Waals surface area contributed by atoms with E-state index in [-0.39, 0.29) is 19.5 Å². The van der Waals surface area contributed by atoms with Crippen LogP contribution >= 0.6 is 0 Å². The Labute approximate surface area is 242 Å². The number of hydrogen-bond acceptors (Lipinski definition) is 6. The Hall–Kier alpha value is -4.09. The minimum Gasteiger partial charge on any atom is -0.468 e. The highest BCUT2D eigenvalue weighted by atomic mass is 19.4. The summed E-state index contributed by atoms with van der Waals surface area (Å²) in [6.45, 7) is 5.13. The summed E-state index contributed by atoms with van der Waals surface area (Å²) in [6, 6.07) is 8.19. The number of piperazine rings is 1. The van der Waals surface area contributed by atoms with Crippen LogP contribution in [0.3, 0.4) is 0 Å². The zero-order valence-electron chi connectivity index (χ0n) is 24.3. The fourth-order valence-corrected chi connectivity index (χ4v) is 6.11. The van der Waals surface area contributed by atoms with Crippen LogP contribution in [0.25, 0.3) is 0 Å². The number of carbonyl (C=O) groups excluding carboxylic acids is 4. The van der Waals surface area contributed by atoms with Crippen LogP contribution in [0.2, 0.25) is 0 Å². The van der Waals surface area contributed by atoms with Gasteiger partial charge < -0.3 is 24.2 Å². The highest BCUT2D eigenvalue weighted by molar-refractivity contribution is 6.20. The summed E-state index contributed by atoms with van der Waals surface area (Å²) in [5.41, 5.74) is -0.783. The van der Waals surface area contributed by atoms with Crippen molar-refractivity contribution in [1.82, 2.24) is 14.7 Å². The minimum atomic E-state index is -4.55. The molecular formula is C30H34F3N3O6. The summed E-state index contributed by atoms with van der Waals surface area (Å²) in [6.07, 6.45) is -4.82. The smallest absolute Gasteiger partial charge is 0.416 e. The molecule has 42 heavy (non-hydrogen) atoms. The molecule has 0 aromatic heterocycles. The molecule has 226 valence electrons. The molecule has 2 aromatic rings. The summed E-state index contributed by atoms with van der Waals surface area (Å²) in [7, 11) is 3.67. The van der Waals surface area contributed by atoms with Crippen LogP contribution in [0.5, 0.6) is 0 Å². The summed E-state index contributed by atoms with van der Waals surface area (Å²) in [4.78, 5) is 58.1. The molecule has 4 rings (SSSR count). The number of benzene rings is 2. The van der Waals surface area contributed by atoms with Crippen LogP contribution in [-0.2, 0) is 30.0 Å². The number of urea groups is 1. The van der Waals surface area contributed by atoms with E-state index in [1.807, 2.05) is 25.1 Å². The maximum atomic E-state index is 14.1. The van der Waals surface area contributed by atoms with Gasteiger partial charge in [0, 0.05) is 26.6 Å². The molecule has 2 aliphatic rings. The van der Waals surface area contributed by atoms with E-state index in [1.165, 1.54) is 16.8 Å². The van der Waals surface area contributed by atoms with Crippen molar-refractivity contribution in [2.24, 2.45) is 5.41 Å². The average molecular weight is 590 g/mol. The van der Waals surface area contributed by atoms with Crippen molar-refractivity contribution in [3.05, 3.63) is 70.3 Å². The van der Waals surface area contributed by atoms with Gasteiger partial charge >= 0.3 is 24.1 Å². The lowest BCUT2D eigenvalue weighted by atomic mass is 9.81. The van der Waals surface area contributed by atoms with Crippen molar-refractivity contribution in [3.8, 4) is 0 Å². The number of aryl methyl sites for hydroxylation is 2. The number of rotatable bonds is 5. The highest BCUT2D eigenvalue weighted by Crippen LogP contribution is 2.47. The van der Waals surface area contributed by atoms with Gasteiger partial charge in [-0.15, -0.1) is 0 Å². The van der Waals surface area contributed by atoms with Crippen molar-refractivity contribution in [2.75, 3.05) is 34.4 Å². The quantitative estimate of drug-likeness (QED) is 0.379. The predicted octanol–water partition coefficient (Wildman–Crippen LogP) is 4.43. The Morgan fingerprint density at radius 2 is 1.64 bits per heavy atom. The molecule has 2 saturated heterocycles. The van der Waals surface area contributed by atoms with Crippen molar-refractivity contribution < 1.29 is 41.8 Å². The highest BCUT2D eigenvalue weighted by Gasteiger charge is 2.66. The normalized spacial score (nSPS) is 20.5. The molecule has 3 amide bonds. The first kappa shape index (κ1) is 30.9. The van der Waals surface area contributed by atoms with Gasteiger partial charge in [-0.2, -0.15) is 13.2 Å². The zero-order chi connectivity index (χ0) is 31.1. The fraction of sp³-hybridized carbons (Fsp3) is 0.467. The molecule has 0 radical (unpaired) electrons. The molecule has 0 bridgehead atoms. The third-order valence-corrected chi connectivity index (χ3v) is 8.44. The number of alkyl halides is 3. The van der Waals surface area contributed by atoms with E-state index in [0.717, 1.165) is 31.9 Å². The van der Waals surface area contributed by atoms with Gasteiger partial charge in [0.25, 0.3) is 5.91 Å². The zero-order valence-corrected chi connectivity index (χ0v) is 24.3. The third-order valence-electron chi connectivity index (χ3n) is 8.44. The Bertz CT molecular complexity index is 1390. The van der Waals surface area contributed by atoms with E-state index < -0.39 is 59.2 Å². The van der Waals surface area contributed by atoms with E-state index in [1.54, 1.807) is 30.9 Å². The molecule has 9 nitrogen and oxygen atoms in total. The van der Waals surface area contributed by atoms with Gasteiger partial charge in [-0.1, -0.05) is 35.9 Å².